The first-order valence-corrected chi connectivity index (χ1v) is 8.50. The minimum absolute atomic E-state index is 0.149. The van der Waals surface area contributed by atoms with Gasteiger partial charge in [0.15, 0.2) is 5.13 Å². The SMILES string of the molecule is O=C([O-])Cc1sc(Nc2ccc(Br)cc2)nc1-c1ccccc1. The number of carbonyl (C=O) groups excluding carboxylic acids is 1. The summed E-state index contributed by atoms with van der Waals surface area (Å²) in [4.78, 5) is 16.2. The fraction of sp³-hybridized carbons (Fsp3) is 0.0588. The molecule has 0 saturated heterocycles. The molecule has 4 nitrogen and oxygen atoms in total. The highest BCUT2D eigenvalue weighted by Gasteiger charge is 2.13. The zero-order valence-corrected chi connectivity index (χ0v) is 14.4. The molecule has 3 rings (SSSR count). The van der Waals surface area contributed by atoms with Gasteiger partial charge in [0, 0.05) is 33.0 Å². The van der Waals surface area contributed by atoms with Gasteiger partial charge in [-0.2, -0.15) is 0 Å². The normalized spacial score (nSPS) is 10.5. The number of carboxylic acids is 1. The van der Waals surface area contributed by atoms with E-state index in [0.717, 1.165) is 15.7 Å². The van der Waals surface area contributed by atoms with Crippen molar-refractivity contribution in [3.05, 3.63) is 63.9 Å². The number of nitrogens with zero attached hydrogens (tertiary/aromatic N) is 1. The van der Waals surface area contributed by atoms with Gasteiger partial charge in [-0.3, -0.25) is 0 Å². The van der Waals surface area contributed by atoms with Gasteiger partial charge < -0.3 is 15.2 Å². The molecule has 1 N–H and O–H groups in total. The Morgan fingerprint density at radius 2 is 1.83 bits per heavy atom. The Morgan fingerprint density at radius 1 is 1.13 bits per heavy atom. The Morgan fingerprint density at radius 3 is 2.48 bits per heavy atom. The number of carboxylic acid groups (broad SMARTS) is 1. The van der Waals surface area contributed by atoms with Gasteiger partial charge in [-0.15, -0.1) is 11.3 Å². The van der Waals surface area contributed by atoms with Crippen LogP contribution in [0.15, 0.2) is 59.1 Å². The van der Waals surface area contributed by atoms with Crippen LogP contribution in [0.1, 0.15) is 4.88 Å². The third-order valence-electron chi connectivity index (χ3n) is 3.14. The first-order valence-electron chi connectivity index (χ1n) is 6.89. The Balaban J connectivity index is 1.94. The van der Waals surface area contributed by atoms with E-state index in [9.17, 15) is 9.90 Å². The van der Waals surface area contributed by atoms with Crippen molar-refractivity contribution >= 4 is 44.1 Å². The lowest BCUT2D eigenvalue weighted by molar-refractivity contribution is -0.304. The molecule has 1 aromatic heterocycles. The van der Waals surface area contributed by atoms with Gasteiger partial charge in [0.2, 0.25) is 0 Å². The second kappa shape index (κ2) is 6.93. The van der Waals surface area contributed by atoms with Crippen LogP contribution in [0.5, 0.6) is 0 Å². The third kappa shape index (κ3) is 3.97. The Hall–Kier alpha value is -2.18. The number of carbonyl (C=O) groups is 1. The van der Waals surface area contributed by atoms with Gasteiger partial charge >= 0.3 is 0 Å². The molecule has 3 aromatic rings. The van der Waals surface area contributed by atoms with Crippen LogP contribution in [-0.2, 0) is 11.2 Å². The smallest absolute Gasteiger partial charge is 0.187 e. The lowest BCUT2D eigenvalue weighted by atomic mass is 10.1. The van der Waals surface area contributed by atoms with E-state index in [1.165, 1.54) is 11.3 Å². The summed E-state index contributed by atoms with van der Waals surface area (Å²) < 4.78 is 0.991. The number of halogens is 1. The standard InChI is InChI=1S/C17H13BrN2O2S/c18-12-6-8-13(9-7-12)19-17-20-16(11-4-2-1-3-5-11)14(23-17)10-15(21)22/h1-9H,10H2,(H,19,20)(H,21,22)/p-1. The van der Waals surface area contributed by atoms with Crippen molar-refractivity contribution in [1.29, 1.82) is 0 Å². The minimum atomic E-state index is -1.11. The maximum atomic E-state index is 11.0. The van der Waals surface area contributed by atoms with Crippen molar-refractivity contribution in [2.24, 2.45) is 0 Å². The molecule has 0 spiro atoms. The van der Waals surface area contributed by atoms with Crippen molar-refractivity contribution in [2.45, 2.75) is 6.42 Å². The number of thiazole rings is 1. The molecule has 2 aromatic carbocycles. The van der Waals surface area contributed by atoms with Gasteiger partial charge in [0.1, 0.15) is 0 Å². The van der Waals surface area contributed by atoms with Crippen LogP contribution in [0.4, 0.5) is 10.8 Å². The van der Waals surface area contributed by atoms with Crippen molar-refractivity contribution in [2.75, 3.05) is 5.32 Å². The Kier molecular flexibility index (Phi) is 4.73. The van der Waals surface area contributed by atoms with Crippen LogP contribution in [-0.4, -0.2) is 11.0 Å². The van der Waals surface area contributed by atoms with Crippen molar-refractivity contribution in [1.82, 2.24) is 4.98 Å². The minimum Gasteiger partial charge on any atom is -0.550 e. The average Bonchev–Trinajstić information content (AvgIpc) is 2.92. The number of rotatable bonds is 5. The quantitative estimate of drug-likeness (QED) is 0.725. The Labute approximate surface area is 146 Å². The molecule has 116 valence electrons. The van der Waals surface area contributed by atoms with Crippen molar-refractivity contribution in [3.8, 4) is 11.3 Å². The summed E-state index contributed by atoms with van der Waals surface area (Å²) in [6.07, 6.45) is -0.149. The van der Waals surface area contributed by atoms with Gasteiger partial charge in [0.25, 0.3) is 0 Å². The van der Waals surface area contributed by atoms with Crippen LogP contribution in [0.3, 0.4) is 0 Å². The summed E-state index contributed by atoms with van der Waals surface area (Å²) in [5.74, 6) is -1.11. The molecule has 0 aliphatic carbocycles. The monoisotopic (exact) mass is 387 g/mol. The molecule has 23 heavy (non-hydrogen) atoms. The van der Waals surface area contributed by atoms with Crippen molar-refractivity contribution in [3.63, 3.8) is 0 Å². The molecule has 0 fully saturated rings. The molecule has 1 heterocycles. The molecule has 0 unspecified atom stereocenters. The van der Waals surface area contributed by atoms with Crippen LogP contribution < -0.4 is 10.4 Å². The van der Waals surface area contributed by atoms with Crippen LogP contribution in [0, 0.1) is 0 Å². The molecule has 6 heteroatoms. The summed E-state index contributed by atoms with van der Waals surface area (Å²) in [5, 5.41) is 14.9. The van der Waals surface area contributed by atoms with E-state index in [1.807, 2.05) is 54.6 Å². The highest BCUT2D eigenvalue weighted by Crippen LogP contribution is 2.33. The van der Waals surface area contributed by atoms with E-state index in [4.69, 9.17) is 0 Å². The summed E-state index contributed by atoms with van der Waals surface area (Å²) in [6.45, 7) is 0. The van der Waals surface area contributed by atoms with E-state index in [1.54, 1.807) is 0 Å². The first-order chi connectivity index (χ1) is 11.1. The number of nitrogens with one attached hydrogen (secondary N) is 1. The third-order valence-corrected chi connectivity index (χ3v) is 4.64. The van der Waals surface area contributed by atoms with Gasteiger partial charge in [-0.25, -0.2) is 4.98 Å². The summed E-state index contributed by atoms with van der Waals surface area (Å²) in [7, 11) is 0. The maximum Gasteiger partial charge on any atom is 0.187 e. The summed E-state index contributed by atoms with van der Waals surface area (Å²) in [5.41, 5.74) is 2.46. The van der Waals surface area contributed by atoms with E-state index >= 15 is 0 Å². The lowest BCUT2D eigenvalue weighted by Gasteiger charge is -2.02. The summed E-state index contributed by atoms with van der Waals surface area (Å²) in [6, 6.07) is 17.2. The van der Waals surface area contributed by atoms with Gasteiger partial charge in [-0.05, 0) is 24.3 Å². The predicted molar refractivity (Wildman–Crippen MR) is 93.7 cm³/mol. The van der Waals surface area contributed by atoms with E-state index in [0.29, 0.717) is 15.7 Å². The highest BCUT2D eigenvalue weighted by atomic mass is 79.9. The van der Waals surface area contributed by atoms with Crippen LogP contribution in [0.25, 0.3) is 11.3 Å². The predicted octanol–water partition coefficient (Wildman–Crippen LogP) is 3.61. The molecule has 0 saturated carbocycles. The van der Waals surface area contributed by atoms with Crippen molar-refractivity contribution < 1.29 is 9.90 Å². The number of hydrogen-bond acceptors (Lipinski definition) is 5. The van der Waals surface area contributed by atoms with E-state index in [-0.39, 0.29) is 6.42 Å². The number of anilines is 2. The zero-order valence-electron chi connectivity index (χ0n) is 12.0. The van der Waals surface area contributed by atoms with Crippen LogP contribution >= 0.6 is 27.3 Å². The van der Waals surface area contributed by atoms with E-state index < -0.39 is 5.97 Å². The lowest BCUT2D eigenvalue weighted by Crippen LogP contribution is -2.24. The highest BCUT2D eigenvalue weighted by molar-refractivity contribution is 9.10. The fourth-order valence-corrected chi connectivity index (χ4v) is 3.39. The van der Waals surface area contributed by atoms with E-state index in [2.05, 4.69) is 26.2 Å². The topological polar surface area (TPSA) is 65.0 Å². The number of benzene rings is 2. The zero-order chi connectivity index (χ0) is 16.2. The molecule has 0 aliphatic heterocycles. The molecule has 0 atom stereocenters. The second-order valence-corrected chi connectivity index (χ2v) is 6.84. The van der Waals surface area contributed by atoms with Gasteiger partial charge in [0.05, 0.1) is 5.69 Å². The average molecular weight is 388 g/mol. The summed E-state index contributed by atoms with van der Waals surface area (Å²) >= 11 is 4.72. The molecule has 0 radical (unpaired) electrons. The molecule has 0 amide bonds. The molecule has 0 bridgehead atoms. The van der Waals surface area contributed by atoms with Gasteiger partial charge in [-0.1, -0.05) is 46.3 Å². The molecule has 0 aliphatic rings. The molecular weight excluding hydrogens is 376 g/mol. The molecular formula is C17H12BrN2O2S-. The number of hydrogen-bond donors (Lipinski definition) is 1. The second-order valence-electron chi connectivity index (χ2n) is 4.84. The maximum absolute atomic E-state index is 11.0. The number of aliphatic carboxylic acids is 1. The first kappa shape index (κ1) is 15.7. The van der Waals surface area contributed by atoms with Crippen LogP contribution in [0.2, 0.25) is 0 Å². The largest absolute Gasteiger partial charge is 0.550 e. The number of aromatic nitrogens is 1. The Bertz CT molecular complexity index is 816. The fourth-order valence-electron chi connectivity index (χ4n) is 2.13.